The summed E-state index contributed by atoms with van der Waals surface area (Å²) >= 11 is 0. The van der Waals surface area contributed by atoms with Gasteiger partial charge in [-0.05, 0) is 48.2 Å². The first-order valence-electron chi connectivity index (χ1n) is 11.9. The van der Waals surface area contributed by atoms with Crippen LogP contribution in [0, 0.1) is 6.92 Å². The Labute approximate surface area is 205 Å². The zero-order chi connectivity index (χ0) is 25.0. The van der Waals surface area contributed by atoms with E-state index in [0.717, 1.165) is 40.9 Å². The predicted molar refractivity (Wildman–Crippen MR) is 131 cm³/mol. The zero-order valence-electron chi connectivity index (χ0n) is 20.5. The average molecular weight is 474 g/mol. The van der Waals surface area contributed by atoms with Gasteiger partial charge in [0.05, 0.1) is 29.9 Å². The summed E-state index contributed by atoms with van der Waals surface area (Å²) in [5.74, 6) is -0.808. The molecule has 3 amide bonds. The van der Waals surface area contributed by atoms with Crippen molar-refractivity contribution in [2.24, 2.45) is 0 Å². The molecule has 1 N–H and O–H groups in total. The Hall–Kier alpha value is -3.81. The zero-order valence-corrected chi connectivity index (χ0v) is 20.5. The van der Waals surface area contributed by atoms with Gasteiger partial charge in [-0.25, -0.2) is 0 Å². The standard InChI is InChI=1S/C27H31N5O3/c1-4-7-21-14-22(30-29-21)18-31(3)24(33)15-27(23-9-6-5-8-19(23)2)16-25(34)32(26(27)35)17-20-10-12-28-13-11-20/h5-6,8-14H,4,7,15-18H2,1-3H3,(H,29,30)/t27-/m0/s1. The summed E-state index contributed by atoms with van der Waals surface area (Å²) in [4.78, 5) is 47.4. The number of benzene rings is 1. The number of aromatic nitrogens is 3. The second-order valence-electron chi connectivity index (χ2n) is 9.28. The Balaban J connectivity index is 1.61. The van der Waals surface area contributed by atoms with Crippen molar-refractivity contribution in [2.45, 2.75) is 58.0 Å². The Morgan fingerprint density at radius 1 is 1.17 bits per heavy atom. The molecule has 8 nitrogen and oxygen atoms in total. The number of carbonyl (C=O) groups is 3. The Kier molecular flexibility index (Phi) is 7.10. The van der Waals surface area contributed by atoms with Crippen LogP contribution < -0.4 is 0 Å². The maximum absolute atomic E-state index is 13.9. The second-order valence-corrected chi connectivity index (χ2v) is 9.28. The van der Waals surface area contributed by atoms with E-state index in [1.165, 1.54) is 4.90 Å². The molecule has 0 spiro atoms. The molecule has 0 bridgehead atoms. The predicted octanol–water partition coefficient (Wildman–Crippen LogP) is 3.31. The molecule has 0 aliphatic carbocycles. The van der Waals surface area contributed by atoms with Crippen molar-refractivity contribution in [1.82, 2.24) is 25.0 Å². The Morgan fingerprint density at radius 2 is 1.91 bits per heavy atom. The van der Waals surface area contributed by atoms with E-state index in [-0.39, 0.29) is 37.1 Å². The topological polar surface area (TPSA) is 99.3 Å². The third kappa shape index (κ3) is 5.01. The van der Waals surface area contributed by atoms with Crippen molar-refractivity contribution < 1.29 is 14.4 Å². The van der Waals surface area contributed by atoms with Gasteiger partial charge in [0, 0.05) is 32.3 Å². The van der Waals surface area contributed by atoms with E-state index in [4.69, 9.17) is 0 Å². The van der Waals surface area contributed by atoms with Crippen LogP contribution in [0.4, 0.5) is 0 Å². The van der Waals surface area contributed by atoms with Gasteiger partial charge in [0.2, 0.25) is 17.7 Å². The first-order chi connectivity index (χ1) is 16.8. The lowest BCUT2D eigenvalue weighted by molar-refractivity contribution is -0.143. The number of H-pyrrole nitrogens is 1. The van der Waals surface area contributed by atoms with Crippen LogP contribution >= 0.6 is 0 Å². The molecule has 1 aliphatic rings. The molecule has 0 radical (unpaired) electrons. The molecule has 1 aliphatic heterocycles. The van der Waals surface area contributed by atoms with Gasteiger partial charge in [0.25, 0.3) is 0 Å². The fourth-order valence-corrected chi connectivity index (χ4v) is 4.80. The van der Waals surface area contributed by atoms with Crippen molar-refractivity contribution in [3.05, 3.63) is 82.9 Å². The van der Waals surface area contributed by atoms with E-state index in [0.29, 0.717) is 6.54 Å². The molecule has 1 atom stereocenters. The van der Waals surface area contributed by atoms with Gasteiger partial charge in [-0.1, -0.05) is 37.6 Å². The Bertz CT molecular complexity index is 1220. The van der Waals surface area contributed by atoms with Gasteiger partial charge in [0.1, 0.15) is 0 Å². The number of aryl methyl sites for hydroxylation is 2. The first-order valence-corrected chi connectivity index (χ1v) is 11.9. The molecule has 1 saturated heterocycles. The monoisotopic (exact) mass is 473 g/mol. The van der Waals surface area contributed by atoms with Gasteiger partial charge in [-0.3, -0.25) is 29.4 Å². The van der Waals surface area contributed by atoms with Crippen LogP contribution in [0.15, 0.2) is 54.9 Å². The molecule has 4 rings (SSSR count). The highest BCUT2D eigenvalue weighted by molar-refractivity contribution is 6.10. The Morgan fingerprint density at radius 3 is 2.63 bits per heavy atom. The van der Waals surface area contributed by atoms with Crippen LogP contribution in [0.3, 0.4) is 0 Å². The van der Waals surface area contributed by atoms with Crippen molar-refractivity contribution in [3.8, 4) is 0 Å². The van der Waals surface area contributed by atoms with Crippen molar-refractivity contribution >= 4 is 17.7 Å². The number of amides is 3. The number of rotatable bonds is 9. The SMILES string of the molecule is CCCc1cc(CN(C)C(=O)C[C@@]2(c3ccccc3C)CC(=O)N(Cc3ccncc3)C2=O)[nH]n1. The molecule has 3 heterocycles. The maximum atomic E-state index is 13.9. The minimum atomic E-state index is -1.23. The largest absolute Gasteiger partial charge is 0.340 e. The van der Waals surface area contributed by atoms with Gasteiger partial charge >= 0.3 is 0 Å². The van der Waals surface area contributed by atoms with Crippen molar-refractivity contribution in [3.63, 3.8) is 0 Å². The van der Waals surface area contributed by atoms with Crippen LogP contribution in [0.2, 0.25) is 0 Å². The summed E-state index contributed by atoms with van der Waals surface area (Å²) in [5.41, 5.74) is 2.98. The summed E-state index contributed by atoms with van der Waals surface area (Å²) in [6, 6.07) is 13.0. The highest BCUT2D eigenvalue weighted by Gasteiger charge is 2.54. The lowest BCUT2D eigenvalue weighted by atomic mass is 9.74. The van der Waals surface area contributed by atoms with Crippen LogP contribution in [-0.2, 0) is 39.3 Å². The van der Waals surface area contributed by atoms with Gasteiger partial charge in [0.15, 0.2) is 0 Å². The van der Waals surface area contributed by atoms with E-state index in [1.807, 2.05) is 37.3 Å². The van der Waals surface area contributed by atoms with E-state index < -0.39 is 5.41 Å². The average Bonchev–Trinajstić information content (AvgIpc) is 3.38. The summed E-state index contributed by atoms with van der Waals surface area (Å²) in [7, 11) is 1.71. The lowest BCUT2D eigenvalue weighted by Crippen LogP contribution is -2.42. The molecule has 0 unspecified atom stereocenters. The number of nitrogens with one attached hydrogen (secondary N) is 1. The molecule has 8 heteroatoms. The molecule has 3 aromatic rings. The molecular weight excluding hydrogens is 442 g/mol. The van der Waals surface area contributed by atoms with Gasteiger partial charge in [-0.2, -0.15) is 5.10 Å². The summed E-state index contributed by atoms with van der Waals surface area (Å²) in [5, 5.41) is 7.29. The lowest BCUT2D eigenvalue weighted by Gasteiger charge is -2.30. The van der Waals surface area contributed by atoms with Crippen LogP contribution in [0.1, 0.15) is 54.3 Å². The number of likely N-dealkylation sites (tertiary alicyclic amines) is 1. The van der Waals surface area contributed by atoms with Crippen LogP contribution in [0.5, 0.6) is 0 Å². The number of pyridine rings is 1. The summed E-state index contributed by atoms with van der Waals surface area (Å²) < 4.78 is 0. The smallest absolute Gasteiger partial charge is 0.241 e. The summed E-state index contributed by atoms with van der Waals surface area (Å²) in [6.45, 7) is 4.51. The number of imide groups is 1. The highest BCUT2D eigenvalue weighted by atomic mass is 16.2. The normalized spacial score (nSPS) is 17.7. The molecular formula is C27H31N5O3. The molecule has 0 saturated carbocycles. The fraction of sp³-hybridized carbons (Fsp3) is 0.370. The van der Waals surface area contributed by atoms with Crippen molar-refractivity contribution in [2.75, 3.05) is 7.05 Å². The van der Waals surface area contributed by atoms with Crippen molar-refractivity contribution in [1.29, 1.82) is 0 Å². The number of aromatic amines is 1. The van der Waals surface area contributed by atoms with Gasteiger partial charge in [-0.15, -0.1) is 0 Å². The quantitative estimate of drug-likeness (QED) is 0.481. The van der Waals surface area contributed by atoms with Crippen LogP contribution in [0.25, 0.3) is 0 Å². The molecule has 1 fully saturated rings. The third-order valence-corrected chi connectivity index (χ3v) is 6.64. The van der Waals surface area contributed by atoms with E-state index in [9.17, 15) is 14.4 Å². The van der Waals surface area contributed by atoms with Crippen LogP contribution in [-0.4, -0.2) is 49.8 Å². The van der Waals surface area contributed by atoms with E-state index in [2.05, 4.69) is 22.1 Å². The fourth-order valence-electron chi connectivity index (χ4n) is 4.80. The number of hydrogen-bond acceptors (Lipinski definition) is 5. The number of nitrogens with zero attached hydrogens (tertiary/aromatic N) is 4. The third-order valence-electron chi connectivity index (χ3n) is 6.64. The number of carbonyl (C=O) groups excluding carboxylic acids is 3. The van der Waals surface area contributed by atoms with Gasteiger partial charge < -0.3 is 4.90 Å². The maximum Gasteiger partial charge on any atom is 0.241 e. The van der Waals surface area contributed by atoms with E-state index in [1.54, 1.807) is 36.5 Å². The summed E-state index contributed by atoms with van der Waals surface area (Å²) in [6.07, 6.45) is 5.01. The molecule has 1 aromatic carbocycles. The molecule has 182 valence electrons. The van der Waals surface area contributed by atoms with E-state index >= 15 is 0 Å². The minimum absolute atomic E-state index is 0.0357. The minimum Gasteiger partial charge on any atom is -0.340 e. The second kappa shape index (κ2) is 10.2. The molecule has 2 aromatic heterocycles. The molecule has 35 heavy (non-hydrogen) atoms. The number of hydrogen-bond donors (Lipinski definition) is 1. The highest BCUT2D eigenvalue weighted by Crippen LogP contribution is 2.42. The first kappa shape index (κ1) is 24.3.